The van der Waals surface area contributed by atoms with Gasteiger partial charge in [-0.2, -0.15) is 0 Å². The highest BCUT2D eigenvalue weighted by Crippen LogP contribution is 2.29. The topological polar surface area (TPSA) is 41.5 Å². The molecule has 2 N–H and O–H groups in total. The summed E-state index contributed by atoms with van der Waals surface area (Å²) in [6.45, 7) is 5.54. The Morgan fingerprint density at radius 3 is 2.52 bits per heavy atom. The molecule has 0 saturated heterocycles. The predicted octanol–water partition coefficient (Wildman–Crippen LogP) is 3.08. The van der Waals surface area contributed by atoms with Crippen molar-refractivity contribution in [2.75, 3.05) is 19.8 Å². The molecule has 1 fully saturated rings. The van der Waals surface area contributed by atoms with Gasteiger partial charge in [-0.3, -0.25) is 0 Å². The van der Waals surface area contributed by atoms with Gasteiger partial charge in [0.15, 0.2) is 0 Å². The van der Waals surface area contributed by atoms with E-state index < -0.39 is 5.54 Å². The van der Waals surface area contributed by atoms with E-state index >= 15 is 0 Å². The Morgan fingerprint density at radius 2 is 2.00 bits per heavy atom. The third kappa shape index (κ3) is 4.53. The number of nitrogens with one attached hydrogen (secondary N) is 1. The maximum atomic E-state index is 10.0. The summed E-state index contributed by atoms with van der Waals surface area (Å²) in [6.07, 6.45) is 5.25. The lowest BCUT2D eigenvalue weighted by Gasteiger charge is -2.36. The van der Waals surface area contributed by atoms with Crippen LogP contribution in [0.3, 0.4) is 0 Å². The second-order valence-corrected chi connectivity index (χ2v) is 6.54. The highest BCUT2D eigenvalue weighted by molar-refractivity contribution is 5.25. The summed E-state index contributed by atoms with van der Waals surface area (Å²) in [5.74, 6) is 0.864. The summed E-state index contributed by atoms with van der Waals surface area (Å²) in [4.78, 5) is 0. The summed E-state index contributed by atoms with van der Waals surface area (Å²) >= 11 is 0. The second-order valence-electron chi connectivity index (χ2n) is 6.54. The van der Waals surface area contributed by atoms with Gasteiger partial charge >= 0.3 is 0 Å². The van der Waals surface area contributed by atoms with Gasteiger partial charge in [0.2, 0.25) is 0 Å². The molecule has 0 aliphatic heterocycles. The monoisotopic (exact) mass is 291 g/mol. The minimum Gasteiger partial charge on any atom is -0.394 e. The van der Waals surface area contributed by atoms with Crippen LogP contribution in [-0.4, -0.2) is 31.0 Å². The largest absolute Gasteiger partial charge is 0.394 e. The van der Waals surface area contributed by atoms with E-state index in [1.54, 1.807) is 0 Å². The zero-order chi connectivity index (χ0) is 15.1. The summed E-state index contributed by atoms with van der Waals surface area (Å²) < 4.78 is 5.93. The van der Waals surface area contributed by atoms with Crippen LogP contribution in [0.25, 0.3) is 0 Å². The predicted molar refractivity (Wildman–Crippen MR) is 86.3 cm³/mol. The van der Waals surface area contributed by atoms with Crippen LogP contribution in [0, 0.1) is 5.92 Å². The first-order valence-electron chi connectivity index (χ1n) is 8.18. The van der Waals surface area contributed by atoms with Crippen molar-refractivity contribution in [3.05, 3.63) is 35.9 Å². The van der Waals surface area contributed by atoms with Gasteiger partial charge in [-0.15, -0.1) is 0 Å². The zero-order valence-corrected chi connectivity index (χ0v) is 13.3. The third-order valence-electron chi connectivity index (χ3n) is 4.40. The van der Waals surface area contributed by atoms with E-state index in [4.69, 9.17) is 4.74 Å². The molecule has 1 aliphatic carbocycles. The van der Waals surface area contributed by atoms with Gasteiger partial charge in [0, 0.05) is 12.6 Å². The Labute approximate surface area is 128 Å². The number of hydrogen-bond donors (Lipinski definition) is 2. The number of rotatable bonds is 9. The molecule has 0 heterocycles. The highest BCUT2D eigenvalue weighted by atomic mass is 16.5. The molecule has 3 heteroatoms. The number of benzene rings is 1. The lowest BCUT2D eigenvalue weighted by molar-refractivity contribution is 0.0203. The van der Waals surface area contributed by atoms with Crippen LogP contribution in [0.4, 0.5) is 0 Å². The smallest absolute Gasteiger partial charge is 0.0907 e. The molecular weight excluding hydrogens is 262 g/mol. The maximum Gasteiger partial charge on any atom is 0.0907 e. The summed E-state index contributed by atoms with van der Waals surface area (Å²) in [5.41, 5.74) is 0.583. The van der Waals surface area contributed by atoms with Gasteiger partial charge in [-0.05, 0) is 31.7 Å². The van der Waals surface area contributed by atoms with Crippen molar-refractivity contribution in [2.24, 2.45) is 5.92 Å². The van der Waals surface area contributed by atoms with Crippen LogP contribution < -0.4 is 5.32 Å². The van der Waals surface area contributed by atoms with Gasteiger partial charge in [0.25, 0.3) is 0 Å². The normalized spacial score (nSPS) is 18.5. The molecule has 0 amide bonds. The van der Waals surface area contributed by atoms with Crippen LogP contribution in [0.2, 0.25) is 0 Å². The van der Waals surface area contributed by atoms with Crippen LogP contribution in [0.15, 0.2) is 30.3 Å². The molecule has 118 valence electrons. The molecule has 1 aliphatic rings. The van der Waals surface area contributed by atoms with Crippen molar-refractivity contribution >= 4 is 0 Å². The molecule has 21 heavy (non-hydrogen) atoms. The first-order valence-corrected chi connectivity index (χ1v) is 8.18. The summed E-state index contributed by atoms with van der Waals surface area (Å²) in [5, 5.41) is 13.5. The summed E-state index contributed by atoms with van der Waals surface area (Å²) in [6, 6.07) is 10.4. The molecule has 1 aromatic rings. The van der Waals surface area contributed by atoms with Crippen molar-refractivity contribution in [1.29, 1.82) is 0 Å². The fourth-order valence-electron chi connectivity index (χ4n) is 2.98. The molecule has 1 aromatic carbocycles. The van der Waals surface area contributed by atoms with Crippen LogP contribution >= 0.6 is 0 Å². The molecule has 0 radical (unpaired) electrons. The molecule has 1 unspecified atom stereocenters. The first-order chi connectivity index (χ1) is 10.2. The average Bonchev–Trinajstić information content (AvgIpc) is 2.44. The van der Waals surface area contributed by atoms with E-state index in [0.717, 1.165) is 24.5 Å². The van der Waals surface area contributed by atoms with Gasteiger partial charge in [0.05, 0.1) is 18.8 Å². The highest BCUT2D eigenvalue weighted by Gasteiger charge is 2.32. The molecule has 3 nitrogen and oxygen atoms in total. The van der Waals surface area contributed by atoms with E-state index in [2.05, 4.69) is 31.3 Å². The lowest BCUT2D eigenvalue weighted by atomic mass is 9.83. The van der Waals surface area contributed by atoms with Crippen molar-refractivity contribution in [3.8, 4) is 0 Å². The van der Waals surface area contributed by atoms with E-state index in [-0.39, 0.29) is 12.6 Å². The second kappa shape index (κ2) is 7.92. The third-order valence-corrected chi connectivity index (χ3v) is 4.40. The van der Waals surface area contributed by atoms with E-state index in [9.17, 15) is 5.11 Å². The Hall–Kier alpha value is -0.900. The standard InChI is InChI=1S/C18H29NO2/c1-15(2)19-18(13-20,17-9-4-3-5-10-17)14-21-12-11-16-7-6-8-16/h3-5,9-10,15-16,19-20H,6-8,11-14H2,1-2H3. The SMILES string of the molecule is CC(C)NC(CO)(COCCC1CCC1)c1ccccc1. The minimum absolute atomic E-state index is 0.0403. The number of hydrogen-bond acceptors (Lipinski definition) is 3. The van der Waals surface area contributed by atoms with Gasteiger partial charge in [-0.25, -0.2) is 0 Å². The van der Waals surface area contributed by atoms with Crippen LogP contribution in [-0.2, 0) is 10.3 Å². The van der Waals surface area contributed by atoms with Gasteiger partial charge in [0.1, 0.15) is 0 Å². The first kappa shape index (κ1) is 16.5. The van der Waals surface area contributed by atoms with Crippen molar-refractivity contribution < 1.29 is 9.84 Å². The quantitative estimate of drug-likeness (QED) is 0.687. The maximum absolute atomic E-state index is 10.0. The molecule has 2 rings (SSSR count). The molecular formula is C18H29NO2. The van der Waals surface area contributed by atoms with Crippen molar-refractivity contribution in [2.45, 2.75) is 51.1 Å². The van der Waals surface area contributed by atoms with Crippen molar-refractivity contribution in [3.63, 3.8) is 0 Å². The van der Waals surface area contributed by atoms with E-state index in [1.165, 1.54) is 19.3 Å². The lowest BCUT2D eigenvalue weighted by Crippen LogP contribution is -2.52. The van der Waals surface area contributed by atoms with Gasteiger partial charge < -0.3 is 15.2 Å². The Morgan fingerprint density at radius 1 is 1.29 bits per heavy atom. The number of aliphatic hydroxyl groups excluding tert-OH is 1. The minimum atomic E-state index is -0.505. The Kier molecular flexibility index (Phi) is 6.22. The van der Waals surface area contributed by atoms with Gasteiger partial charge in [-0.1, -0.05) is 49.6 Å². The molecule has 0 spiro atoms. The zero-order valence-electron chi connectivity index (χ0n) is 13.3. The van der Waals surface area contributed by atoms with Crippen LogP contribution in [0.1, 0.15) is 45.1 Å². The number of ether oxygens (including phenoxy) is 1. The Bertz CT molecular complexity index is 403. The molecule has 1 saturated carbocycles. The van der Waals surface area contributed by atoms with Crippen molar-refractivity contribution in [1.82, 2.24) is 5.32 Å². The van der Waals surface area contributed by atoms with E-state index in [0.29, 0.717) is 6.61 Å². The van der Waals surface area contributed by atoms with Crippen LogP contribution in [0.5, 0.6) is 0 Å². The molecule has 0 bridgehead atoms. The average molecular weight is 291 g/mol. The molecule has 0 aromatic heterocycles. The molecule has 1 atom stereocenters. The number of aliphatic hydroxyl groups is 1. The fourth-order valence-corrected chi connectivity index (χ4v) is 2.98. The summed E-state index contributed by atoms with van der Waals surface area (Å²) in [7, 11) is 0. The Balaban J connectivity index is 1.96. The fraction of sp³-hybridized carbons (Fsp3) is 0.667. The van der Waals surface area contributed by atoms with E-state index in [1.807, 2.05) is 18.2 Å².